The van der Waals surface area contributed by atoms with Crippen LogP contribution in [0.1, 0.15) is 31.2 Å². The number of piperidine rings is 2. The molecule has 0 saturated carbocycles. The summed E-state index contributed by atoms with van der Waals surface area (Å²) in [6.07, 6.45) is 5.32. The molecule has 1 amide bonds. The summed E-state index contributed by atoms with van der Waals surface area (Å²) < 4.78 is 0. The molecule has 1 aromatic carbocycles. The summed E-state index contributed by atoms with van der Waals surface area (Å²) >= 11 is 0. The van der Waals surface area contributed by atoms with E-state index in [1.807, 2.05) is 0 Å². The Morgan fingerprint density at radius 1 is 1.08 bits per heavy atom. The van der Waals surface area contributed by atoms with Crippen LogP contribution in [0.5, 0.6) is 0 Å². The number of hydrogen-bond donors (Lipinski definition) is 0. The summed E-state index contributed by atoms with van der Waals surface area (Å²) in [6.45, 7) is 6.46. The first-order valence-electron chi connectivity index (χ1n) is 9.75. The van der Waals surface area contributed by atoms with E-state index in [1.54, 1.807) is 0 Å². The smallest absolute Gasteiger partial charge is 0.222 e. The predicted molar refractivity (Wildman–Crippen MR) is 103 cm³/mol. The lowest BCUT2D eigenvalue weighted by Crippen LogP contribution is -2.54. The third kappa shape index (κ3) is 5.05. The molecule has 4 heteroatoms. The molecule has 0 aromatic heterocycles. The second-order valence-electron chi connectivity index (χ2n) is 8.23. The lowest BCUT2D eigenvalue weighted by Gasteiger charge is -2.48. The van der Waals surface area contributed by atoms with E-state index < -0.39 is 0 Å². The van der Waals surface area contributed by atoms with E-state index in [-0.39, 0.29) is 0 Å². The topological polar surface area (TPSA) is 26.8 Å². The van der Waals surface area contributed by atoms with Crippen molar-refractivity contribution in [3.63, 3.8) is 0 Å². The van der Waals surface area contributed by atoms with Gasteiger partial charge in [0.2, 0.25) is 5.91 Å². The third-order valence-electron chi connectivity index (χ3n) is 5.87. The summed E-state index contributed by atoms with van der Waals surface area (Å²) in [5.41, 5.74) is 1.65. The van der Waals surface area contributed by atoms with Crippen molar-refractivity contribution < 1.29 is 4.79 Å². The Morgan fingerprint density at radius 3 is 2.64 bits per heavy atom. The number of hydrogen-bond acceptors (Lipinski definition) is 3. The summed E-state index contributed by atoms with van der Waals surface area (Å²) in [5.74, 6) is 0.354. The standard InChI is InChI=1S/C21H33N3O/c1-22(2)15-16-23-13-6-11-21(17-23)12-9-20(25)24(18-21)14-10-19-7-4-3-5-8-19/h3-5,7-8H,6,9-18H2,1-2H3/t21-/m1/s1. The Bertz CT molecular complexity index is 560. The fourth-order valence-corrected chi connectivity index (χ4v) is 4.39. The van der Waals surface area contributed by atoms with Crippen molar-refractivity contribution in [1.29, 1.82) is 0 Å². The maximum absolute atomic E-state index is 12.4. The molecule has 0 bridgehead atoms. The fourth-order valence-electron chi connectivity index (χ4n) is 4.39. The van der Waals surface area contributed by atoms with Gasteiger partial charge in [-0.25, -0.2) is 0 Å². The van der Waals surface area contributed by atoms with E-state index >= 15 is 0 Å². The number of benzene rings is 1. The van der Waals surface area contributed by atoms with Crippen LogP contribution in [0.2, 0.25) is 0 Å². The van der Waals surface area contributed by atoms with Crippen LogP contribution in [0.25, 0.3) is 0 Å². The minimum Gasteiger partial charge on any atom is -0.342 e. The molecule has 138 valence electrons. The number of carbonyl (C=O) groups excluding carboxylic acids is 1. The number of likely N-dealkylation sites (tertiary alicyclic amines) is 2. The molecule has 2 aliphatic rings. The molecule has 25 heavy (non-hydrogen) atoms. The second kappa shape index (κ2) is 8.33. The minimum absolute atomic E-state index is 0.329. The van der Waals surface area contributed by atoms with Crippen LogP contribution in [-0.4, -0.2) is 74.0 Å². The number of rotatable bonds is 6. The lowest BCUT2D eigenvalue weighted by atomic mass is 9.73. The monoisotopic (exact) mass is 343 g/mol. The predicted octanol–water partition coefficient (Wildman–Crippen LogP) is 2.50. The highest BCUT2D eigenvalue weighted by Crippen LogP contribution is 2.38. The van der Waals surface area contributed by atoms with Crippen molar-refractivity contribution in [2.24, 2.45) is 5.41 Å². The Hall–Kier alpha value is -1.39. The number of nitrogens with zero attached hydrogens (tertiary/aromatic N) is 3. The zero-order valence-corrected chi connectivity index (χ0v) is 15.9. The van der Waals surface area contributed by atoms with Gasteiger partial charge in [-0.2, -0.15) is 0 Å². The highest BCUT2D eigenvalue weighted by molar-refractivity contribution is 5.77. The maximum atomic E-state index is 12.4. The van der Waals surface area contributed by atoms with Gasteiger partial charge in [-0.15, -0.1) is 0 Å². The minimum atomic E-state index is 0.329. The molecule has 1 aromatic rings. The first-order valence-corrected chi connectivity index (χ1v) is 9.75. The summed E-state index contributed by atoms with van der Waals surface area (Å²) in [6, 6.07) is 10.5. The summed E-state index contributed by atoms with van der Waals surface area (Å²) in [7, 11) is 4.29. The van der Waals surface area contributed by atoms with Gasteiger partial charge in [0.25, 0.3) is 0 Å². The van der Waals surface area contributed by atoms with Gasteiger partial charge < -0.3 is 14.7 Å². The van der Waals surface area contributed by atoms with Crippen molar-refractivity contribution in [2.45, 2.75) is 32.1 Å². The van der Waals surface area contributed by atoms with E-state index in [0.29, 0.717) is 11.3 Å². The lowest BCUT2D eigenvalue weighted by molar-refractivity contribution is -0.139. The van der Waals surface area contributed by atoms with Crippen LogP contribution in [0, 0.1) is 5.41 Å². The van der Waals surface area contributed by atoms with E-state index in [9.17, 15) is 4.79 Å². The fraction of sp³-hybridized carbons (Fsp3) is 0.667. The zero-order chi connectivity index (χ0) is 17.7. The van der Waals surface area contributed by atoms with Gasteiger partial charge in [0.1, 0.15) is 0 Å². The molecule has 2 saturated heterocycles. The third-order valence-corrected chi connectivity index (χ3v) is 5.87. The zero-order valence-electron chi connectivity index (χ0n) is 15.9. The SMILES string of the molecule is CN(C)CCN1CCC[C@@]2(CCC(=O)N(CCc3ccccc3)C2)C1. The maximum Gasteiger partial charge on any atom is 0.222 e. The first-order chi connectivity index (χ1) is 12.1. The van der Waals surface area contributed by atoms with Crippen molar-refractivity contribution in [2.75, 3.05) is 53.4 Å². The molecule has 1 spiro atoms. The second-order valence-corrected chi connectivity index (χ2v) is 8.23. The Kier molecular flexibility index (Phi) is 6.13. The molecule has 2 heterocycles. The van der Waals surface area contributed by atoms with Gasteiger partial charge in [0, 0.05) is 44.6 Å². The van der Waals surface area contributed by atoms with Gasteiger partial charge in [-0.3, -0.25) is 4.79 Å². The normalized spacial score (nSPS) is 25.1. The van der Waals surface area contributed by atoms with Gasteiger partial charge in [-0.1, -0.05) is 30.3 Å². The van der Waals surface area contributed by atoms with Crippen LogP contribution in [0.4, 0.5) is 0 Å². The van der Waals surface area contributed by atoms with Crippen LogP contribution in [0.3, 0.4) is 0 Å². The Balaban J connectivity index is 1.57. The summed E-state index contributed by atoms with van der Waals surface area (Å²) in [4.78, 5) is 19.5. The molecule has 0 N–H and O–H groups in total. The van der Waals surface area contributed by atoms with Crippen LogP contribution >= 0.6 is 0 Å². The van der Waals surface area contributed by atoms with Crippen LogP contribution in [-0.2, 0) is 11.2 Å². The average molecular weight is 344 g/mol. The van der Waals surface area contributed by atoms with Crippen molar-refractivity contribution in [3.8, 4) is 0 Å². The highest BCUT2D eigenvalue weighted by Gasteiger charge is 2.41. The van der Waals surface area contributed by atoms with Gasteiger partial charge >= 0.3 is 0 Å². The largest absolute Gasteiger partial charge is 0.342 e. The number of likely N-dealkylation sites (N-methyl/N-ethyl adjacent to an activating group) is 1. The molecule has 1 atom stereocenters. The van der Waals surface area contributed by atoms with Crippen molar-refractivity contribution >= 4 is 5.91 Å². The van der Waals surface area contributed by atoms with Crippen LogP contribution < -0.4 is 0 Å². The Labute approximate surface area is 152 Å². The molecule has 0 radical (unpaired) electrons. The van der Waals surface area contributed by atoms with E-state index in [1.165, 1.54) is 24.9 Å². The molecular formula is C21H33N3O. The molecule has 0 aliphatic carbocycles. The van der Waals surface area contributed by atoms with Crippen LogP contribution in [0.15, 0.2) is 30.3 Å². The average Bonchev–Trinajstić information content (AvgIpc) is 2.62. The highest BCUT2D eigenvalue weighted by atomic mass is 16.2. The summed E-state index contributed by atoms with van der Waals surface area (Å²) in [5, 5.41) is 0. The molecule has 3 rings (SSSR count). The molecule has 2 aliphatic heterocycles. The quantitative estimate of drug-likeness (QED) is 0.794. The first kappa shape index (κ1) is 18.4. The van der Waals surface area contributed by atoms with Gasteiger partial charge in [0.15, 0.2) is 0 Å². The molecule has 2 fully saturated rings. The van der Waals surface area contributed by atoms with Gasteiger partial charge in [-0.05, 0) is 51.9 Å². The van der Waals surface area contributed by atoms with Crippen molar-refractivity contribution in [3.05, 3.63) is 35.9 Å². The van der Waals surface area contributed by atoms with Crippen molar-refractivity contribution in [1.82, 2.24) is 14.7 Å². The molecule has 0 unspecified atom stereocenters. The molecule has 4 nitrogen and oxygen atoms in total. The number of carbonyl (C=O) groups is 1. The van der Waals surface area contributed by atoms with E-state index in [4.69, 9.17) is 0 Å². The Morgan fingerprint density at radius 2 is 1.88 bits per heavy atom. The molecular weight excluding hydrogens is 310 g/mol. The number of amides is 1. The van der Waals surface area contributed by atoms with E-state index in [0.717, 1.165) is 52.0 Å². The van der Waals surface area contributed by atoms with Gasteiger partial charge in [0.05, 0.1) is 0 Å². The van der Waals surface area contributed by atoms with E-state index in [2.05, 4.69) is 59.1 Å².